The highest BCUT2D eigenvalue weighted by atomic mass is 35.5. The molecule has 3 aliphatic rings. The van der Waals surface area contributed by atoms with E-state index < -0.39 is 5.97 Å². The molecule has 3 heterocycles. The van der Waals surface area contributed by atoms with Crippen LogP contribution in [0.5, 0.6) is 0 Å². The smallest absolute Gasteiger partial charge is 0.300 e. The summed E-state index contributed by atoms with van der Waals surface area (Å²) in [5, 5.41) is 16.5. The number of carboxylic acids is 1. The van der Waals surface area contributed by atoms with Crippen LogP contribution in [-0.4, -0.2) is 77.5 Å². The number of methoxy groups -OCH3 is 1. The van der Waals surface area contributed by atoms with Crippen LogP contribution in [0.1, 0.15) is 44.6 Å². The molecule has 3 N–H and O–H groups in total. The van der Waals surface area contributed by atoms with E-state index in [-0.39, 0.29) is 0 Å². The van der Waals surface area contributed by atoms with Crippen LogP contribution in [0.4, 0.5) is 0 Å². The average molecular weight is 464 g/mol. The number of nitrogens with zero attached hydrogens (tertiary/aromatic N) is 4. The Morgan fingerprint density at radius 2 is 1.84 bits per heavy atom. The van der Waals surface area contributed by atoms with Crippen molar-refractivity contribution >= 4 is 29.2 Å². The van der Waals surface area contributed by atoms with Gasteiger partial charge in [0, 0.05) is 50.8 Å². The zero-order chi connectivity index (χ0) is 23.1. The van der Waals surface area contributed by atoms with E-state index in [1.807, 2.05) is 19.2 Å². The Bertz CT molecular complexity index is 817. The third-order valence-electron chi connectivity index (χ3n) is 6.35. The van der Waals surface area contributed by atoms with Crippen molar-refractivity contribution in [3.05, 3.63) is 34.9 Å². The number of aliphatic carboxylic acids is 1. The summed E-state index contributed by atoms with van der Waals surface area (Å²) in [6.45, 7) is 4.15. The van der Waals surface area contributed by atoms with E-state index in [9.17, 15) is 0 Å². The molecule has 0 aromatic heterocycles. The van der Waals surface area contributed by atoms with Crippen LogP contribution in [0.2, 0.25) is 5.02 Å². The third-order valence-corrected chi connectivity index (χ3v) is 6.61. The molecule has 2 saturated heterocycles. The number of hydrogen-bond donors (Lipinski definition) is 2. The van der Waals surface area contributed by atoms with Crippen LogP contribution in [0.3, 0.4) is 0 Å². The molecule has 176 valence electrons. The van der Waals surface area contributed by atoms with Gasteiger partial charge in [-0.05, 0) is 49.8 Å². The molecule has 2 atom stereocenters. The van der Waals surface area contributed by atoms with E-state index in [0.717, 1.165) is 63.1 Å². The Labute approximate surface area is 195 Å². The lowest BCUT2D eigenvalue weighted by atomic mass is 9.90. The zero-order valence-electron chi connectivity index (χ0n) is 18.9. The molecule has 0 spiro atoms. The number of amidine groups is 2. The molecule has 3 aliphatic heterocycles. The minimum Gasteiger partial charge on any atom is -0.481 e. The molecule has 9 heteroatoms. The first kappa shape index (κ1) is 24.5. The number of piperidine rings is 2. The van der Waals surface area contributed by atoms with Crippen molar-refractivity contribution in [1.82, 2.24) is 9.80 Å². The molecule has 0 unspecified atom stereocenters. The van der Waals surface area contributed by atoms with Gasteiger partial charge in [-0.15, -0.1) is 10.2 Å². The van der Waals surface area contributed by atoms with E-state index in [1.54, 1.807) is 0 Å². The van der Waals surface area contributed by atoms with Crippen molar-refractivity contribution in [2.75, 3.05) is 26.7 Å². The van der Waals surface area contributed by atoms with Gasteiger partial charge in [0.1, 0.15) is 11.7 Å². The lowest BCUT2D eigenvalue weighted by Crippen LogP contribution is -2.55. The molecule has 0 radical (unpaired) electrons. The van der Waals surface area contributed by atoms with Gasteiger partial charge in [0.25, 0.3) is 5.97 Å². The molecule has 0 bridgehead atoms. The van der Waals surface area contributed by atoms with Crippen molar-refractivity contribution in [3.63, 3.8) is 0 Å². The summed E-state index contributed by atoms with van der Waals surface area (Å²) < 4.78 is 5.72. The van der Waals surface area contributed by atoms with E-state index >= 15 is 0 Å². The van der Waals surface area contributed by atoms with Crippen molar-refractivity contribution < 1.29 is 14.6 Å². The molecule has 8 nitrogen and oxygen atoms in total. The van der Waals surface area contributed by atoms with Gasteiger partial charge in [-0.2, -0.15) is 0 Å². The van der Waals surface area contributed by atoms with Crippen molar-refractivity contribution in [1.29, 1.82) is 0 Å². The van der Waals surface area contributed by atoms with Gasteiger partial charge < -0.3 is 20.5 Å². The molecule has 1 aromatic carbocycles. The Kier molecular flexibility index (Phi) is 8.90. The lowest BCUT2D eigenvalue weighted by molar-refractivity contribution is -0.134. The second-order valence-corrected chi connectivity index (χ2v) is 9.07. The molecule has 0 amide bonds. The fourth-order valence-corrected chi connectivity index (χ4v) is 4.88. The summed E-state index contributed by atoms with van der Waals surface area (Å²) in [4.78, 5) is 14.1. The monoisotopic (exact) mass is 463 g/mol. The molecule has 32 heavy (non-hydrogen) atoms. The third kappa shape index (κ3) is 6.92. The molecular weight excluding hydrogens is 430 g/mol. The normalized spacial score (nSPS) is 24.4. The minimum absolute atomic E-state index is 0.340. The van der Waals surface area contributed by atoms with E-state index in [2.05, 4.69) is 32.1 Å². The largest absolute Gasteiger partial charge is 0.481 e. The molecule has 0 aliphatic carbocycles. The SMILES string of the molecule is CC(=O)O.CO[C@@H]1CC[C@H](Cc2ccc(Cl)cc2)N(C2CCN(C3=NN=C(N)C3)CC2)C1. The maximum Gasteiger partial charge on any atom is 0.300 e. The number of likely N-dealkylation sites (tertiary alicyclic amines) is 2. The Morgan fingerprint density at radius 1 is 1.19 bits per heavy atom. The van der Waals surface area contributed by atoms with E-state index in [0.29, 0.717) is 30.4 Å². The molecular formula is C23H34ClN5O3. The zero-order valence-corrected chi connectivity index (χ0v) is 19.7. The number of rotatable bonds is 4. The van der Waals surface area contributed by atoms with Gasteiger partial charge in [-0.3, -0.25) is 9.69 Å². The number of benzene rings is 1. The first-order valence-corrected chi connectivity index (χ1v) is 11.6. The van der Waals surface area contributed by atoms with Crippen molar-refractivity contribution in [2.24, 2.45) is 15.9 Å². The van der Waals surface area contributed by atoms with Gasteiger partial charge >= 0.3 is 0 Å². The second kappa shape index (κ2) is 11.6. The lowest BCUT2D eigenvalue weighted by Gasteiger charge is -2.47. The summed E-state index contributed by atoms with van der Waals surface area (Å²) in [7, 11) is 1.84. The number of nitrogens with two attached hydrogens (primary N) is 1. The molecule has 1 aromatic rings. The van der Waals surface area contributed by atoms with Crippen molar-refractivity contribution in [2.45, 2.75) is 63.6 Å². The summed E-state index contributed by atoms with van der Waals surface area (Å²) in [6.07, 6.45) is 6.71. The first-order chi connectivity index (χ1) is 15.4. The summed E-state index contributed by atoms with van der Waals surface area (Å²) in [6, 6.07) is 9.47. The number of hydrogen-bond acceptors (Lipinski definition) is 7. The van der Waals surface area contributed by atoms with Gasteiger partial charge in [0.05, 0.1) is 12.5 Å². The van der Waals surface area contributed by atoms with Crippen LogP contribution < -0.4 is 5.73 Å². The fraction of sp³-hybridized carbons (Fsp3) is 0.609. The number of ether oxygens (including phenoxy) is 1. The van der Waals surface area contributed by atoms with Gasteiger partial charge in [-0.25, -0.2) is 0 Å². The Balaban J connectivity index is 0.000000668. The fourth-order valence-electron chi connectivity index (χ4n) is 4.76. The maximum atomic E-state index is 9.00. The Morgan fingerprint density at radius 3 is 2.41 bits per heavy atom. The maximum absolute atomic E-state index is 9.00. The van der Waals surface area contributed by atoms with E-state index in [1.165, 1.54) is 12.0 Å². The average Bonchev–Trinajstić information content (AvgIpc) is 3.22. The highest BCUT2D eigenvalue weighted by Gasteiger charge is 2.35. The van der Waals surface area contributed by atoms with Crippen molar-refractivity contribution in [3.8, 4) is 0 Å². The Hall–Kier alpha value is -2.16. The predicted molar refractivity (Wildman–Crippen MR) is 127 cm³/mol. The highest BCUT2D eigenvalue weighted by molar-refractivity contribution is 6.30. The summed E-state index contributed by atoms with van der Waals surface area (Å²) in [5.74, 6) is 0.821. The van der Waals surface area contributed by atoms with Crippen LogP contribution in [0.25, 0.3) is 0 Å². The van der Waals surface area contributed by atoms with Crippen LogP contribution in [0, 0.1) is 0 Å². The van der Waals surface area contributed by atoms with Gasteiger partial charge in [-0.1, -0.05) is 23.7 Å². The quantitative estimate of drug-likeness (QED) is 0.711. The molecule has 0 saturated carbocycles. The topological polar surface area (TPSA) is 104 Å². The van der Waals surface area contributed by atoms with Crippen LogP contribution in [-0.2, 0) is 16.0 Å². The first-order valence-electron chi connectivity index (χ1n) is 11.2. The number of halogens is 1. The summed E-state index contributed by atoms with van der Waals surface area (Å²) in [5.41, 5.74) is 7.15. The number of carbonyl (C=O) groups is 1. The second-order valence-electron chi connectivity index (χ2n) is 8.64. The standard InChI is InChI=1S/C21H30ClN5O.C2H4O2/c1-28-19-7-6-18(12-15-2-4-16(22)5-3-15)27(14-19)17-8-10-26(11-9-17)21-13-20(23)24-25-21;1-2(3)4/h2-5,17-19H,6-14H2,1H3,(H2,23,24);1H3,(H,3,4)/t18-,19-;/m1./s1. The predicted octanol–water partition coefficient (Wildman–Crippen LogP) is 2.99. The van der Waals surface area contributed by atoms with Gasteiger partial charge in [0.2, 0.25) is 0 Å². The molecule has 2 fully saturated rings. The van der Waals surface area contributed by atoms with Crippen LogP contribution in [0.15, 0.2) is 34.5 Å². The van der Waals surface area contributed by atoms with Gasteiger partial charge in [0.15, 0.2) is 0 Å². The highest BCUT2D eigenvalue weighted by Crippen LogP contribution is 2.29. The van der Waals surface area contributed by atoms with E-state index in [4.69, 9.17) is 32.0 Å². The van der Waals surface area contributed by atoms with Crippen LogP contribution >= 0.6 is 11.6 Å². The summed E-state index contributed by atoms with van der Waals surface area (Å²) >= 11 is 6.06. The minimum atomic E-state index is -0.833. The number of carboxylic acid groups (broad SMARTS) is 1. The molecule has 4 rings (SSSR count).